The molecule has 128 valence electrons. The summed E-state index contributed by atoms with van der Waals surface area (Å²) in [4.78, 5) is 0. The van der Waals surface area contributed by atoms with Crippen LogP contribution in [0.4, 0.5) is 0 Å². The van der Waals surface area contributed by atoms with Crippen LogP contribution in [-0.2, 0) is 4.74 Å². The maximum Gasteiger partial charge on any atom is 0.0571 e. The SMILES string of the molecule is CCCCCCCCCCCCC(CCCCCC)OC. The normalized spacial score (nSPS) is 12.7. The fraction of sp³-hybridized carbons (Fsp3) is 1.00. The minimum Gasteiger partial charge on any atom is -0.381 e. The molecule has 0 aliphatic heterocycles. The second-order valence-corrected chi connectivity index (χ2v) is 6.68. The van der Waals surface area contributed by atoms with Gasteiger partial charge in [0.15, 0.2) is 0 Å². The number of ether oxygens (including phenoxy) is 1. The van der Waals surface area contributed by atoms with Gasteiger partial charge in [-0.3, -0.25) is 0 Å². The summed E-state index contributed by atoms with van der Waals surface area (Å²) in [6, 6.07) is 0. The summed E-state index contributed by atoms with van der Waals surface area (Å²) in [5.41, 5.74) is 0. The molecule has 0 radical (unpaired) electrons. The van der Waals surface area contributed by atoms with E-state index in [4.69, 9.17) is 4.74 Å². The molecule has 0 aromatic rings. The first-order valence-corrected chi connectivity index (χ1v) is 9.87. The van der Waals surface area contributed by atoms with Crippen molar-refractivity contribution >= 4 is 0 Å². The molecule has 0 aliphatic carbocycles. The van der Waals surface area contributed by atoms with E-state index in [-0.39, 0.29) is 0 Å². The Morgan fingerprint density at radius 1 is 0.524 bits per heavy atom. The number of methoxy groups -OCH3 is 1. The number of hydrogen-bond acceptors (Lipinski definition) is 1. The van der Waals surface area contributed by atoms with Gasteiger partial charge in [0, 0.05) is 7.11 Å². The predicted octanol–water partition coefficient (Wildman–Crippen LogP) is 7.28. The summed E-state index contributed by atoms with van der Waals surface area (Å²) in [5.74, 6) is 0. The minimum atomic E-state index is 0.524. The van der Waals surface area contributed by atoms with E-state index in [1.54, 1.807) is 0 Å². The molecule has 1 atom stereocenters. The van der Waals surface area contributed by atoms with Gasteiger partial charge in [-0.25, -0.2) is 0 Å². The van der Waals surface area contributed by atoms with Crippen molar-refractivity contribution in [1.82, 2.24) is 0 Å². The maximum atomic E-state index is 5.61. The van der Waals surface area contributed by atoms with E-state index in [1.807, 2.05) is 7.11 Å². The zero-order valence-electron chi connectivity index (χ0n) is 15.3. The smallest absolute Gasteiger partial charge is 0.0571 e. The lowest BCUT2D eigenvalue weighted by atomic mass is 10.0. The van der Waals surface area contributed by atoms with E-state index < -0.39 is 0 Å². The molecule has 0 bridgehead atoms. The molecule has 1 nitrogen and oxygen atoms in total. The molecule has 0 saturated heterocycles. The average molecular weight is 299 g/mol. The maximum absolute atomic E-state index is 5.61. The van der Waals surface area contributed by atoms with Crippen molar-refractivity contribution in [3.63, 3.8) is 0 Å². The van der Waals surface area contributed by atoms with Crippen LogP contribution in [0.3, 0.4) is 0 Å². The number of rotatable bonds is 17. The van der Waals surface area contributed by atoms with Crippen molar-refractivity contribution in [1.29, 1.82) is 0 Å². The zero-order chi connectivity index (χ0) is 15.6. The van der Waals surface area contributed by atoms with E-state index in [2.05, 4.69) is 13.8 Å². The second kappa shape index (κ2) is 18.0. The van der Waals surface area contributed by atoms with Crippen LogP contribution in [0, 0.1) is 0 Å². The van der Waals surface area contributed by atoms with E-state index in [0.29, 0.717) is 6.10 Å². The Morgan fingerprint density at radius 2 is 0.857 bits per heavy atom. The molecule has 0 rings (SSSR count). The Bertz CT molecular complexity index is 179. The summed E-state index contributed by atoms with van der Waals surface area (Å²) < 4.78 is 5.61. The first-order valence-electron chi connectivity index (χ1n) is 9.87. The molecule has 1 unspecified atom stereocenters. The first-order chi connectivity index (χ1) is 10.3. The molecule has 0 amide bonds. The number of unbranched alkanes of at least 4 members (excludes halogenated alkanes) is 12. The zero-order valence-corrected chi connectivity index (χ0v) is 15.3. The van der Waals surface area contributed by atoms with Crippen LogP contribution >= 0.6 is 0 Å². The standard InChI is InChI=1S/C20H42O/c1-4-6-8-10-11-12-13-14-15-17-19-20(21-3)18-16-9-7-5-2/h20H,4-19H2,1-3H3. The van der Waals surface area contributed by atoms with Gasteiger partial charge in [0.05, 0.1) is 6.10 Å². The monoisotopic (exact) mass is 298 g/mol. The van der Waals surface area contributed by atoms with Crippen LogP contribution in [-0.4, -0.2) is 13.2 Å². The van der Waals surface area contributed by atoms with Gasteiger partial charge < -0.3 is 4.74 Å². The van der Waals surface area contributed by atoms with Gasteiger partial charge >= 0.3 is 0 Å². The van der Waals surface area contributed by atoms with Crippen LogP contribution in [0.1, 0.15) is 117 Å². The fourth-order valence-electron chi connectivity index (χ4n) is 3.04. The van der Waals surface area contributed by atoms with Crippen molar-refractivity contribution in [2.24, 2.45) is 0 Å². The molecular weight excluding hydrogens is 256 g/mol. The van der Waals surface area contributed by atoms with Crippen molar-refractivity contribution in [2.45, 2.75) is 123 Å². The molecule has 0 saturated carbocycles. The highest BCUT2D eigenvalue weighted by Crippen LogP contribution is 2.16. The Hall–Kier alpha value is -0.0400. The largest absolute Gasteiger partial charge is 0.381 e. The molecule has 0 aromatic heterocycles. The second-order valence-electron chi connectivity index (χ2n) is 6.68. The molecular formula is C20H42O. The van der Waals surface area contributed by atoms with Gasteiger partial charge in [-0.1, -0.05) is 104 Å². The van der Waals surface area contributed by atoms with Crippen LogP contribution < -0.4 is 0 Å². The summed E-state index contributed by atoms with van der Waals surface area (Å²) in [5, 5.41) is 0. The topological polar surface area (TPSA) is 9.23 Å². The molecule has 1 heteroatoms. The minimum absolute atomic E-state index is 0.524. The molecule has 0 aromatic carbocycles. The van der Waals surface area contributed by atoms with Crippen LogP contribution in [0.15, 0.2) is 0 Å². The third-order valence-corrected chi connectivity index (χ3v) is 4.59. The quantitative estimate of drug-likeness (QED) is 0.256. The Kier molecular flexibility index (Phi) is 18.0. The lowest BCUT2D eigenvalue weighted by Gasteiger charge is -2.15. The summed E-state index contributed by atoms with van der Waals surface area (Å²) in [6.45, 7) is 4.56. The van der Waals surface area contributed by atoms with Gasteiger partial charge in [-0.2, -0.15) is 0 Å². The lowest BCUT2D eigenvalue weighted by Crippen LogP contribution is -2.10. The van der Waals surface area contributed by atoms with Gasteiger partial charge in [-0.15, -0.1) is 0 Å². The summed E-state index contributed by atoms with van der Waals surface area (Å²) in [7, 11) is 1.89. The molecule has 21 heavy (non-hydrogen) atoms. The summed E-state index contributed by atoms with van der Waals surface area (Å²) in [6.07, 6.45) is 22.8. The number of hydrogen-bond donors (Lipinski definition) is 0. The van der Waals surface area contributed by atoms with Crippen LogP contribution in [0.5, 0.6) is 0 Å². The van der Waals surface area contributed by atoms with Crippen molar-refractivity contribution < 1.29 is 4.74 Å². The Balaban J connectivity index is 3.23. The van der Waals surface area contributed by atoms with E-state index in [0.717, 1.165) is 0 Å². The lowest BCUT2D eigenvalue weighted by molar-refractivity contribution is 0.0832. The highest BCUT2D eigenvalue weighted by molar-refractivity contribution is 4.59. The molecule has 0 heterocycles. The molecule has 0 fully saturated rings. The fourth-order valence-corrected chi connectivity index (χ4v) is 3.04. The van der Waals surface area contributed by atoms with E-state index in [9.17, 15) is 0 Å². The predicted molar refractivity (Wildman–Crippen MR) is 96.0 cm³/mol. The third-order valence-electron chi connectivity index (χ3n) is 4.59. The van der Waals surface area contributed by atoms with E-state index in [1.165, 1.54) is 103 Å². The summed E-state index contributed by atoms with van der Waals surface area (Å²) >= 11 is 0. The molecule has 0 aliphatic rings. The third kappa shape index (κ3) is 16.2. The van der Waals surface area contributed by atoms with Gasteiger partial charge in [-0.05, 0) is 12.8 Å². The van der Waals surface area contributed by atoms with Gasteiger partial charge in [0.25, 0.3) is 0 Å². The van der Waals surface area contributed by atoms with E-state index >= 15 is 0 Å². The van der Waals surface area contributed by atoms with Gasteiger partial charge in [0.1, 0.15) is 0 Å². The highest BCUT2D eigenvalue weighted by Gasteiger charge is 2.06. The van der Waals surface area contributed by atoms with Crippen molar-refractivity contribution in [3.8, 4) is 0 Å². The molecule has 0 N–H and O–H groups in total. The average Bonchev–Trinajstić information content (AvgIpc) is 2.51. The van der Waals surface area contributed by atoms with Crippen LogP contribution in [0.25, 0.3) is 0 Å². The van der Waals surface area contributed by atoms with Gasteiger partial charge in [0.2, 0.25) is 0 Å². The molecule has 0 spiro atoms. The first kappa shape index (κ1) is 21.0. The van der Waals surface area contributed by atoms with Crippen molar-refractivity contribution in [2.75, 3.05) is 7.11 Å². The Labute approximate surface area is 135 Å². The highest BCUT2D eigenvalue weighted by atomic mass is 16.5. The Morgan fingerprint density at radius 3 is 1.24 bits per heavy atom. The van der Waals surface area contributed by atoms with Crippen LogP contribution in [0.2, 0.25) is 0 Å². The van der Waals surface area contributed by atoms with Crippen molar-refractivity contribution in [3.05, 3.63) is 0 Å².